The molecule has 0 amide bonds. The van der Waals surface area contributed by atoms with Crippen molar-refractivity contribution in [2.45, 2.75) is 33.1 Å². The second kappa shape index (κ2) is 3.86. The Labute approximate surface area is 83.2 Å². The summed E-state index contributed by atoms with van der Waals surface area (Å²) < 4.78 is 0. The van der Waals surface area contributed by atoms with Gasteiger partial charge in [0.15, 0.2) is 5.78 Å². The van der Waals surface area contributed by atoms with Gasteiger partial charge in [0.25, 0.3) is 0 Å². The molecule has 1 fully saturated rings. The largest absolute Gasteiger partial charge is 0.299 e. The summed E-state index contributed by atoms with van der Waals surface area (Å²) in [5, 5.41) is 0. The second-order valence-electron chi connectivity index (χ2n) is 3.75. The maximum absolute atomic E-state index is 11.6. The molecule has 0 saturated heterocycles. The first-order chi connectivity index (χ1) is 6.49. The average molecular weight is 194 g/mol. The Hall–Kier alpha value is -1.25. The van der Waals surface area contributed by atoms with Crippen LogP contribution in [0.15, 0.2) is 12.2 Å². The number of allylic oxidation sites excluding steroid dienone is 2. The third-order valence-corrected chi connectivity index (χ3v) is 2.70. The van der Waals surface area contributed by atoms with Gasteiger partial charge in [-0.25, -0.2) is 0 Å². The molecule has 0 heterocycles. The van der Waals surface area contributed by atoms with E-state index in [0.717, 1.165) is 6.42 Å². The van der Waals surface area contributed by atoms with Gasteiger partial charge in [-0.05, 0) is 32.8 Å². The molecule has 0 aromatic rings. The van der Waals surface area contributed by atoms with E-state index in [1.807, 2.05) is 0 Å². The zero-order valence-electron chi connectivity index (χ0n) is 8.50. The molecule has 1 aliphatic rings. The van der Waals surface area contributed by atoms with E-state index in [1.165, 1.54) is 26.0 Å². The van der Waals surface area contributed by atoms with E-state index in [2.05, 4.69) is 0 Å². The van der Waals surface area contributed by atoms with Gasteiger partial charge >= 0.3 is 0 Å². The molecule has 0 bridgehead atoms. The summed E-state index contributed by atoms with van der Waals surface area (Å²) in [5.41, 5.74) is -0.994. The Morgan fingerprint density at radius 3 is 2.36 bits per heavy atom. The van der Waals surface area contributed by atoms with Crippen molar-refractivity contribution in [3.05, 3.63) is 12.2 Å². The van der Waals surface area contributed by atoms with E-state index in [0.29, 0.717) is 12.8 Å². The highest BCUT2D eigenvalue weighted by molar-refractivity contribution is 6.10. The Morgan fingerprint density at radius 2 is 2.00 bits per heavy atom. The summed E-state index contributed by atoms with van der Waals surface area (Å²) in [6.45, 7) is 2.82. The fourth-order valence-corrected chi connectivity index (χ4v) is 1.82. The topological polar surface area (TPSA) is 51.2 Å². The van der Waals surface area contributed by atoms with Crippen molar-refractivity contribution in [1.29, 1.82) is 0 Å². The van der Waals surface area contributed by atoms with Crippen molar-refractivity contribution in [1.82, 2.24) is 0 Å². The highest BCUT2D eigenvalue weighted by Gasteiger charge is 2.43. The van der Waals surface area contributed by atoms with Crippen molar-refractivity contribution in [2.75, 3.05) is 0 Å². The normalized spacial score (nSPS) is 27.1. The lowest BCUT2D eigenvalue weighted by atomic mass is 9.81. The molecule has 1 atom stereocenters. The highest BCUT2D eigenvalue weighted by Crippen LogP contribution is 2.37. The molecular weight excluding hydrogens is 180 g/mol. The highest BCUT2D eigenvalue weighted by atomic mass is 16.2. The lowest BCUT2D eigenvalue weighted by Crippen LogP contribution is -2.31. The first-order valence-electron chi connectivity index (χ1n) is 4.73. The van der Waals surface area contributed by atoms with Crippen LogP contribution >= 0.6 is 0 Å². The van der Waals surface area contributed by atoms with Crippen molar-refractivity contribution < 1.29 is 14.4 Å². The molecule has 0 unspecified atom stereocenters. The maximum atomic E-state index is 11.6. The van der Waals surface area contributed by atoms with E-state index >= 15 is 0 Å². The SMILES string of the molecule is CC(=O)/C=C\[C@]1(C(C)=O)CCCC1=O. The minimum atomic E-state index is -0.994. The predicted molar refractivity (Wildman–Crippen MR) is 51.8 cm³/mol. The molecule has 1 saturated carbocycles. The number of hydrogen-bond acceptors (Lipinski definition) is 3. The Balaban J connectivity index is 2.99. The smallest absolute Gasteiger partial charge is 0.152 e. The van der Waals surface area contributed by atoms with Gasteiger partial charge in [-0.3, -0.25) is 14.4 Å². The van der Waals surface area contributed by atoms with Crippen molar-refractivity contribution >= 4 is 17.3 Å². The van der Waals surface area contributed by atoms with Crippen LogP contribution in [0.4, 0.5) is 0 Å². The quantitative estimate of drug-likeness (QED) is 0.505. The van der Waals surface area contributed by atoms with E-state index < -0.39 is 5.41 Å². The second-order valence-corrected chi connectivity index (χ2v) is 3.75. The molecule has 3 nitrogen and oxygen atoms in total. The van der Waals surface area contributed by atoms with E-state index in [4.69, 9.17) is 0 Å². The molecule has 0 spiro atoms. The zero-order chi connectivity index (χ0) is 10.8. The Morgan fingerprint density at radius 1 is 1.36 bits per heavy atom. The molecule has 0 aromatic heterocycles. The summed E-state index contributed by atoms with van der Waals surface area (Å²) in [7, 11) is 0. The van der Waals surface area contributed by atoms with Crippen molar-refractivity contribution in [3.63, 3.8) is 0 Å². The monoisotopic (exact) mass is 194 g/mol. The Kier molecular flexibility index (Phi) is 2.99. The van der Waals surface area contributed by atoms with Gasteiger partial charge in [0.1, 0.15) is 17.0 Å². The third kappa shape index (κ3) is 1.81. The molecule has 0 N–H and O–H groups in total. The molecule has 0 aromatic carbocycles. The van der Waals surface area contributed by atoms with Crippen molar-refractivity contribution in [3.8, 4) is 0 Å². The molecule has 0 radical (unpaired) electrons. The van der Waals surface area contributed by atoms with Gasteiger partial charge in [-0.1, -0.05) is 6.08 Å². The summed E-state index contributed by atoms with van der Waals surface area (Å²) in [6.07, 6.45) is 4.53. The zero-order valence-corrected chi connectivity index (χ0v) is 8.50. The Bertz CT molecular complexity index is 314. The van der Waals surface area contributed by atoms with Crippen LogP contribution in [0.3, 0.4) is 0 Å². The van der Waals surface area contributed by atoms with Crippen LogP contribution in [0.5, 0.6) is 0 Å². The fraction of sp³-hybridized carbons (Fsp3) is 0.545. The van der Waals surface area contributed by atoms with Crippen LogP contribution in [0.2, 0.25) is 0 Å². The molecule has 76 valence electrons. The number of carbonyl (C=O) groups is 3. The summed E-state index contributed by atoms with van der Waals surface area (Å²) >= 11 is 0. The number of Topliss-reactive ketones (excluding diaryl/α,β-unsaturated/α-hetero) is 2. The summed E-state index contributed by atoms with van der Waals surface area (Å²) in [4.78, 5) is 33.7. The van der Waals surface area contributed by atoms with E-state index in [-0.39, 0.29) is 17.3 Å². The van der Waals surface area contributed by atoms with Gasteiger partial charge in [0.05, 0.1) is 0 Å². The van der Waals surface area contributed by atoms with Gasteiger partial charge in [0, 0.05) is 6.42 Å². The molecule has 0 aliphatic heterocycles. The molecule has 3 heteroatoms. The molecule has 14 heavy (non-hydrogen) atoms. The fourth-order valence-electron chi connectivity index (χ4n) is 1.82. The van der Waals surface area contributed by atoms with Gasteiger partial charge in [-0.2, -0.15) is 0 Å². The predicted octanol–water partition coefficient (Wildman–Crippen LogP) is 1.46. The van der Waals surface area contributed by atoms with Crippen molar-refractivity contribution in [2.24, 2.45) is 5.41 Å². The molecule has 1 aliphatic carbocycles. The minimum Gasteiger partial charge on any atom is -0.299 e. The van der Waals surface area contributed by atoms with Crippen LogP contribution in [-0.2, 0) is 14.4 Å². The van der Waals surface area contributed by atoms with Crippen LogP contribution in [0.25, 0.3) is 0 Å². The maximum Gasteiger partial charge on any atom is 0.152 e. The lowest BCUT2D eigenvalue weighted by Gasteiger charge is -2.18. The van der Waals surface area contributed by atoms with Crippen LogP contribution < -0.4 is 0 Å². The standard InChI is InChI=1S/C11H14O3/c1-8(12)5-7-11(9(2)13)6-3-4-10(11)14/h5,7H,3-4,6H2,1-2H3/b7-5-/t11-/m0/s1. The lowest BCUT2D eigenvalue weighted by molar-refractivity contribution is -0.134. The summed E-state index contributed by atoms with van der Waals surface area (Å²) in [5.74, 6) is -0.342. The van der Waals surface area contributed by atoms with Crippen LogP contribution in [0, 0.1) is 5.41 Å². The van der Waals surface area contributed by atoms with E-state index in [9.17, 15) is 14.4 Å². The number of hydrogen-bond donors (Lipinski definition) is 0. The van der Waals surface area contributed by atoms with Gasteiger partial charge in [-0.15, -0.1) is 0 Å². The number of ketones is 3. The van der Waals surface area contributed by atoms with E-state index in [1.54, 1.807) is 0 Å². The average Bonchev–Trinajstić information content (AvgIpc) is 2.44. The van der Waals surface area contributed by atoms with Crippen LogP contribution in [-0.4, -0.2) is 17.3 Å². The summed E-state index contributed by atoms with van der Waals surface area (Å²) in [6, 6.07) is 0. The number of rotatable bonds is 3. The third-order valence-electron chi connectivity index (χ3n) is 2.70. The van der Waals surface area contributed by atoms with Crippen LogP contribution in [0.1, 0.15) is 33.1 Å². The number of carbonyl (C=O) groups excluding carboxylic acids is 3. The van der Waals surface area contributed by atoms with Gasteiger partial charge < -0.3 is 0 Å². The first-order valence-corrected chi connectivity index (χ1v) is 4.73. The molecule has 1 rings (SSSR count). The van der Waals surface area contributed by atoms with Gasteiger partial charge in [0.2, 0.25) is 0 Å². The minimum absolute atomic E-state index is 0.0532. The first kappa shape index (κ1) is 10.8. The molecular formula is C11H14O3.